The Bertz CT molecular complexity index is 665. The van der Waals surface area contributed by atoms with Gasteiger partial charge in [0.1, 0.15) is 0 Å². The van der Waals surface area contributed by atoms with E-state index in [0.717, 1.165) is 0 Å². The van der Waals surface area contributed by atoms with E-state index in [1.807, 2.05) is 6.92 Å². The molecule has 1 unspecified atom stereocenters. The van der Waals surface area contributed by atoms with Crippen LogP contribution in [0.4, 0.5) is 0 Å². The molecule has 0 aromatic heterocycles. The van der Waals surface area contributed by atoms with Gasteiger partial charge in [0.25, 0.3) is 0 Å². The minimum atomic E-state index is -0.00702. The van der Waals surface area contributed by atoms with Gasteiger partial charge in [0.15, 0.2) is 11.7 Å². The predicted molar refractivity (Wildman–Crippen MR) is 95.9 cm³/mol. The Morgan fingerprint density at radius 2 is 1.88 bits per heavy atom. The second-order valence-corrected chi connectivity index (χ2v) is 6.62. The highest BCUT2D eigenvalue weighted by Crippen LogP contribution is 2.38. The molecule has 4 nitrogen and oxygen atoms in total. The van der Waals surface area contributed by atoms with Gasteiger partial charge in [0, 0.05) is 24.8 Å². The van der Waals surface area contributed by atoms with Crippen molar-refractivity contribution in [1.82, 2.24) is 0 Å². The molecule has 0 amide bonds. The second-order valence-electron chi connectivity index (χ2n) is 6.62. The van der Waals surface area contributed by atoms with Crippen molar-refractivity contribution in [2.75, 3.05) is 6.61 Å². The number of Topliss-reactive ketones (excluding diaryl/α,β-unsaturated/α-hetero) is 1. The van der Waals surface area contributed by atoms with Crippen molar-refractivity contribution in [3.63, 3.8) is 0 Å². The molecule has 24 heavy (non-hydrogen) atoms. The van der Waals surface area contributed by atoms with Crippen molar-refractivity contribution >= 4 is 11.7 Å². The van der Waals surface area contributed by atoms with Crippen LogP contribution in [0.1, 0.15) is 60.8 Å². The number of rotatable bonds is 5. The molecule has 0 fully saturated rings. The van der Waals surface area contributed by atoms with Crippen LogP contribution in [0.3, 0.4) is 0 Å². The fourth-order valence-corrected chi connectivity index (χ4v) is 3.74. The van der Waals surface area contributed by atoms with Gasteiger partial charge in [-0.1, -0.05) is 17.7 Å². The maximum atomic E-state index is 12.5. The number of allylic oxidation sites excluding steroid dienone is 2. The van der Waals surface area contributed by atoms with Gasteiger partial charge < -0.3 is 9.84 Å². The number of ether oxygens (including phenoxy) is 1. The van der Waals surface area contributed by atoms with E-state index in [9.17, 15) is 9.90 Å². The Balaban J connectivity index is 2.18. The largest absolute Gasteiger partial charge is 0.512 e. The lowest BCUT2D eigenvalue weighted by atomic mass is 9.78. The third kappa shape index (κ3) is 4.05. The Morgan fingerprint density at radius 3 is 2.42 bits per heavy atom. The highest BCUT2D eigenvalue weighted by Gasteiger charge is 2.30. The average molecular weight is 329 g/mol. The van der Waals surface area contributed by atoms with E-state index in [1.54, 1.807) is 0 Å². The third-order valence-electron chi connectivity index (χ3n) is 4.62. The topological polar surface area (TPSA) is 70.4 Å². The van der Waals surface area contributed by atoms with Gasteiger partial charge in [0.05, 0.1) is 12.4 Å². The number of carbonyl (C=O) groups is 1. The summed E-state index contributed by atoms with van der Waals surface area (Å²) in [6.07, 6.45) is 1.65. The SMILES string of the molecule is CCOC(=N)CCC1=C(O)CC(c2c(C)cc(C)cc2C)CC1=O. The van der Waals surface area contributed by atoms with Crippen molar-refractivity contribution in [2.24, 2.45) is 0 Å². The van der Waals surface area contributed by atoms with E-state index < -0.39 is 0 Å². The van der Waals surface area contributed by atoms with Crippen LogP contribution in [-0.4, -0.2) is 23.4 Å². The Kier molecular flexibility index (Phi) is 5.81. The molecule has 0 bridgehead atoms. The molecule has 1 aliphatic rings. The van der Waals surface area contributed by atoms with Crippen molar-refractivity contribution in [3.05, 3.63) is 45.7 Å². The van der Waals surface area contributed by atoms with Gasteiger partial charge in [-0.25, -0.2) is 0 Å². The number of hydrogen-bond donors (Lipinski definition) is 2. The van der Waals surface area contributed by atoms with E-state index in [2.05, 4.69) is 32.9 Å². The average Bonchev–Trinajstić information content (AvgIpc) is 2.45. The first-order valence-electron chi connectivity index (χ1n) is 8.55. The van der Waals surface area contributed by atoms with Gasteiger partial charge in [-0.3, -0.25) is 10.2 Å². The molecule has 1 atom stereocenters. The molecule has 0 spiro atoms. The number of ketones is 1. The summed E-state index contributed by atoms with van der Waals surface area (Å²) >= 11 is 0. The summed E-state index contributed by atoms with van der Waals surface area (Å²) in [6, 6.07) is 4.26. The lowest BCUT2D eigenvalue weighted by Gasteiger charge is -2.27. The summed E-state index contributed by atoms with van der Waals surface area (Å²) in [5.74, 6) is 0.374. The fourth-order valence-electron chi connectivity index (χ4n) is 3.74. The van der Waals surface area contributed by atoms with Gasteiger partial charge >= 0.3 is 0 Å². The number of carbonyl (C=O) groups excluding carboxylic acids is 1. The van der Waals surface area contributed by atoms with Crippen molar-refractivity contribution in [2.45, 2.75) is 59.3 Å². The monoisotopic (exact) mass is 329 g/mol. The summed E-state index contributed by atoms with van der Waals surface area (Å²) < 4.78 is 5.10. The normalized spacial score (nSPS) is 18.0. The van der Waals surface area contributed by atoms with Crippen LogP contribution in [-0.2, 0) is 9.53 Å². The first kappa shape index (κ1) is 18.2. The Hall–Kier alpha value is -2.10. The molecule has 1 aliphatic carbocycles. The number of benzene rings is 1. The zero-order chi connectivity index (χ0) is 17.9. The van der Waals surface area contributed by atoms with E-state index >= 15 is 0 Å². The van der Waals surface area contributed by atoms with Crippen molar-refractivity contribution in [3.8, 4) is 0 Å². The molecular weight excluding hydrogens is 302 g/mol. The molecule has 0 saturated heterocycles. The summed E-state index contributed by atoms with van der Waals surface area (Å²) in [6.45, 7) is 8.48. The van der Waals surface area contributed by atoms with E-state index in [0.29, 0.717) is 37.9 Å². The maximum Gasteiger partial charge on any atom is 0.180 e. The quantitative estimate of drug-likeness (QED) is 0.609. The zero-order valence-electron chi connectivity index (χ0n) is 15.0. The number of aliphatic hydroxyl groups excluding tert-OH is 1. The van der Waals surface area contributed by atoms with Crippen LogP contribution in [0.2, 0.25) is 0 Å². The van der Waals surface area contributed by atoms with E-state index in [4.69, 9.17) is 10.1 Å². The first-order chi connectivity index (χ1) is 11.3. The van der Waals surface area contributed by atoms with Crippen molar-refractivity contribution in [1.29, 1.82) is 5.41 Å². The highest BCUT2D eigenvalue weighted by molar-refractivity contribution is 5.97. The van der Waals surface area contributed by atoms with Crippen LogP contribution in [0.25, 0.3) is 0 Å². The molecule has 0 saturated carbocycles. The molecule has 0 radical (unpaired) electrons. The molecule has 130 valence electrons. The number of aliphatic hydroxyl groups is 1. The zero-order valence-corrected chi connectivity index (χ0v) is 15.0. The van der Waals surface area contributed by atoms with Gasteiger partial charge in [-0.15, -0.1) is 0 Å². The third-order valence-corrected chi connectivity index (χ3v) is 4.62. The van der Waals surface area contributed by atoms with Crippen LogP contribution >= 0.6 is 0 Å². The van der Waals surface area contributed by atoms with Crippen molar-refractivity contribution < 1.29 is 14.6 Å². The molecular formula is C20H27NO3. The number of hydrogen-bond acceptors (Lipinski definition) is 4. The van der Waals surface area contributed by atoms with Crippen LogP contribution in [0.5, 0.6) is 0 Å². The Morgan fingerprint density at radius 1 is 1.25 bits per heavy atom. The molecule has 2 N–H and O–H groups in total. The summed E-state index contributed by atoms with van der Waals surface area (Å²) in [5.41, 5.74) is 5.23. The van der Waals surface area contributed by atoms with Gasteiger partial charge in [-0.2, -0.15) is 0 Å². The number of nitrogens with one attached hydrogen (secondary N) is 1. The van der Waals surface area contributed by atoms with Gasteiger partial charge in [0.2, 0.25) is 0 Å². The standard InChI is InChI=1S/C20H27NO3/c1-5-24-19(21)7-6-16-17(22)10-15(11-18(16)23)20-13(3)8-12(2)9-14(20)4/h8-9,15,21-22H,5-7,10-11H2,1-4H3. The molecule has 2 rings (SSSR count). The fraction of sp³-hybridized carbons (Fsp3) is 0.500. The minimum Gasteiger partial charge on any atom is -0.512 e. The predicted octanol–water partition coefficient (Wildman–Crippen LogP) is 4.66. The summed E-state index contributed by atoms with van der Waals surface area (Å²) in [4.78, 5) is 12.5. The van der Waals surface area contributed by atoms with Crippen LogP contribution in [0, 0.1) is 26.2 Å². The van der Waals surface area contributed by atoms with Crippen LogP contribution in [0.15, 0.2) is 23.5 Å². The van der Waals surface area contributed by atoms with Gasteiger partial charge in [-0.05, 0) is 56.7 Å². The highest BCUT2D eigenvalue weighted by atomic mass is 16.5. The van der Waals surface area contributed by atoms with E-state index in [-0.39, 0.29) is 23.4 Å². The summed E-state index contributed by atoms with van der Waals surface area (Å²) in [5, 5.41) is 18.0. The summed E-state index contributed by atoms with van der Waals surface area (Å²) in [7, 11) is 0. The molecule has 1 aromatic carbocycles. The van der Waals surface area contributed by atoms with Crippen LogP contribution < -0.4 is 0 Å². The lowest BCUT2D eigenvalue weighted by molar-refractivity contribution is -0.116. The Labute approximate surface area is 144 Å². The lowest BCUT2D eigenvalue weighted by Crippen LogP contribution is -2.20. The second kappa shape index (κ2) is 7.65. The maximum absolute atomic E-state index is 12.5. The first-order valence-corrected chi connectivity index (χ1v) is 8.55. The molecule has 0 aliphatic heterocycles. The molecule has 0 heterocycles. The smallest absolute Gasteiger partial charge is 0.180 e. The molecule has 1 aromatic rings. The van der Waals surface area contributed by atoms with E-state index in [1.165, 1.54) is 22.3 Å². The molecule has 4 heteroatoms. The number of aryl methyl sites for hydroxylation is 3. The minimum absolute atomic E-state index is 0.00702.